The van der Waals surface area contributed by atoms with Gasteiger partial charge in [0.15, 0.2) is 0 Å². The minimum atomic E-state index is -0.779. The zero-order chi connectivity index (χ0) is 16.9. The van der Waals surface area contributed by atoms with Crippen LogP contribution in [0.4, 0.5) is 0 Å². The number of nitriles is 1. The molecule has 2 saturated heterocycles. The Labute approximate surface area is 141 Å². The van der Waals surface area contributed by atoms with E-state index in [0.29, 0.717) is 12.6 Å². The summed E-state index contributed by atoms with van der Waals surface area (Å²) in [4.78, 5) is 17.3. The maximum atomic E-state index is 12.4. The highest BCUT2D eigenvalue weighted by molar-refractivity contribution is 5.79. The van der Waals surface area contributed by atoms with E-state index in [1.54, 1.807) is 0 Å². The van der Waals surface area contributed by atoms with Crippen molar-refractivity contribution in [2.24, 2.45) is 5.92 Å². The van der Waals surface area contributed by atoms with Gasteiger partial charge in [0, 0.05) is 12.6 Å². The van der Waals surface area contributed by atoms with Crippen molar-refractivity contribution < 1.29 is 4.79 Å². The van der Waals surface area contributed by atoms with Crippen molar-refractivity contribution in [1.82, 2.24) is 15.1 Å². The van der Waals surface area contributed by atoms with Crippen LogP contribution in [0.25, 0.3) is 0 Å². The van der Waals surface area contributed by atoms with Gasteiger partial charge >= 0.3 is 0 Å². The molecule has 5 nitrogen and oxygen atoms in total. The second-order valence-electron chi connectivity index (χ2n) is 7.64. The van der Waals surface area contributed by atoms with Gasteiger partial charge in [0.1, 0.15) is 5.54 Å². The molecule has 0 unspecified atom stereocenters. The Balaban J connectivity index is 1.85. The van der Waals surface area contributed by atoms with Gasteiger partial charge in [-0.15, -0.1) is 0 Å². The molecular weight excluding hydrogens is 288 g/mol. The number of carbonyl (C=O) groups is 1. The third-order valence-electron chi connectivity index (χ3n) is 5.55. The van der Waals surface area contributed by atoms with Gasteiger partial charge in [-0.05, 0) is 58.2 Å². The van der Waals surface area contributed by atoms with E-state index in [2.05, 4.69) is 21.2 Å². The minimum Gasteiger partial charge on any atom is -0.337 e. The Bertz CT molecular complexity index is 439. The molecule has 0 aromatic rings. The van der Waals surface area contributed by atoms with E-state index in [9.17, 15) is 10.1 Å². The Morgan fingerprint density at radius 2 is 1.96 bits per heavy atom. The Kier molecular flexibility index (Phi) is 6.43. The Morgan fingerprint density at radius 3 is 2.57 bits per heavy atom. The van der Waals surface area contributed by atoms with Crippen LogP contribution >= 0.6 is 0 Å². The predicted octanol–water partition coefficient (Wildman–Crippen LogP) is 1.99. The summed E-state index contributed by atoms with van der Waals surface area (Å²) in [6.45, 7) is 10.7. The zero-order valence-electron chi connectivity index (χ0n) is 15.0. The number of nitrogens with zero attached hydrogens (tertiary/aromatic N) is 3. The molecule has 0 spiro atoms. The van der Waals surface area contributed by atoms with Crippen molar-refractivity contribution in [3.8, 4) is 6.07 Å². The molecular formula is C18H32N4O. The quantitative estimate of drug-likeness (QED) is 0.813. The SMILES string of the molecule is CC(C)[C@@](C)(C#N)NC(=O)CN1CCC[C@H]1CN1CCCCC1. The van der Waals surface area contributed by atoms with Gasteiger partial charge in [-0.3, -0.25) is 9.69 Å². The van der Waals surface area contributed by atoms with Crippen LogP contribution in [0.3, 0.4) is 0 Å². The van der Waals surface area contributed by atoms with Crippen LogP contribution in [-0.4, -0.2) is 60.0 Å². The van der Waals surface area contributed by atoms with Crippen molar-refractivity contribution >= 4 is 5.91 Å². The Morgan fingerprint density at radius 1 is 1.26 bits per heavy atom. The van der Waals surface area contributed by atoms with Gasteiger partial charge in [0.05, 0.1) is 12.6 Å². The zero-order valence-corrected chi connectivity index (χ0v) is 15.0. The van der Waals surface area contributed by atoms with E-state index in [-0.39, 0.29) is 11.8 Å². The predicted molar refractivity (Wildman–Crippen MR) is 91.9 cm³/mol. The molecule has 0 saturated carbocycles. The summed E-state index contributed by atoms with van der Waals surface area (Å²) < 4.78 is 0. The number of carbonyl (C=O) groups excluding carboxylic acids is 1. The highest BCUT2D eigenvalue weighted by Crippen LogP contribution is 2.20. The highest BCUT2D eigenvalue weighted by Gasteiger charge is 2.33. The molecule has 0 aliphatic carbocycles. The fourth-order valence-electron chi connectivity index (χ4n) is 3.57. The first-order valence-corrected chi connectivity index (χ1v) is 9.13. The second kappa shape index (κ2) is 8.12. The molecule has 2 atom stereocenters. The first-order chi connectivity index (χ1) is 10.9. The molecule has 2 rings (SSSR count). The average Bonchev–Trinajstić information content (AvgIpc) is 2.94. The number of piperidine rings is 1. The molecule has 5 heteroatoms. The lowest BCUT2D eigenvalue weighted by molar-refractivity contribution is -0.124. The summed E-state index contributed by atoms with van der Waals surface area (Å²) in [6.07, 6.45) is 6.33. The number of hydrogen-bond acceptors (Lipinski definition) is 4. The normalized spacial score (nSPS) is 26.0. The standard InChI is InChI=1S/C18H32N4O/c1-15(2)18(3,14-19)20-17(23)13-22-11-7-8-16(22)12-21-9-5-4-6-10-21/h15-16H,4-13H2,1-3H3,(H,20,23)/t16-,18+/m0/s1. The molecule has 23 heavy (non-hydrogen) atoms. The van der Waals surface area contributed by atoms with Crippen LogP contribution < -0.4 is 5.32 Å². The van der Waals surface area contributed by atoms with E-state index in [0.717, 1.165) is 13.1 Å². The van der Waals surface area contributed by atoms with E-state index >= 15 is 0 Å². The van der Waals surface area contributed by atoms with Crippen molar-refractivity contribution in [1.29, 1.82) is 5.26 Å². The van der Waals surface area contributed by atoms with Crippen LogP contribution in [0, 0.1) is 17.2 Å². The number of amides is 1. The van der Waals surface area contributed by atoms with Gasteiger partial charge in [0.2, 0.25) is 5.91 Å². The molecule has 0 aromatic carbocycles. The number of nitrogens with one attached hydrogen (secondary N) is 1. The molecule has 0 bridgehead atoms. The summed E-state index contributed by atoms with van der Waals surface area (Å²) in [5, 5.41) is 12.3. The lowest BCUT2D eigenvalue weighted by Crippen LogP contribution is -2.53. The molecule has 0 radical (unpaired) electrons. The van der Waals surface area contributed by atoms with Crippen molar-refractivity contribution in [2.75, 3.05) is 32.7 Å². The van der Waals surface area contributed by atoms with Crippen molar-refractivity contribution in [3.05, 3.63) is 0 Å². The second-order valence-corrected chi connectivity index (χ2v) is 7.64. The van der Waals surface area contributed by atoms with E-state index in [1.807, 2.05) is 20.8 Å². The summed E-state index contributed by atoms with van der Waals surface area (Å²) in [7, 11) is 0. The highest BCUT2D eigenvalue weighted by atomic mass is 16.2. The maximum absolute atomic E-state index is 12.4. The summed E-state index contributed by atoms with van der Waals surface area (Å²) >= 11 is 0. The van der Waals surface area contributed by atoms with Crippen LogP contribution in [0.1, 0.15) is 52.9 Å². The average molecular weight is 320 g/mol. The fraction of sp³-hybridized carbons (Fsp3) is 0.889. The van der Waals surface area contributed by atoms with Crippen molar-refractivity contribution in [3.63, 3.8) is 0 Å². The maximum Gasteiger partial charge on any atom is 0.235 e. The summed E-state index contributed by atoms with van der Waals surface area (Å²) in [5.41, 5.74) is -0.779. The topological polar surface area (TPSA) is 59.4 Å². The van der Waals surface area contributed by atoms with E-state index in [4.69, 9.17) is 0 Å². The third-order valence-corrected chi connectivity index (χ3v) is 5.55. The van der Waals surface area contributed by atoms with Gasteiger partial charge in [-0.1, -0.05) is 20.3 Å². The lowest BCUT2D eigenvalue weighted by Gasteiger charge is -2.33. The van der Waals surface area contributed by atoms with Crippen LogP contribution in [-0.2, 0) is 4.79 Å². The Hall–Kier alpha value is -1.12. The fourth-order valence-corrected chi connectivity index (χ4v) is 3.57. The summed E-state index contributed by atoms with van der Waals surface area (Å²) in [6, 6.07) is 2.74. The van der Waals surface area contributed by atoms with E-state index in [1.165, 1.54) is 45.2 Å². The molecule has 2 heterocycles. The molecule has 130 valence electrons. The lowest BCUT2D eigenvalue weighted by atomic mass is 9.90. The van der Waals surface area contributed by atoms with Gasteiger partial charge in [-0.2, -0.15) is 5.26 Å². The minimum absolute atomic E-state index is 0.0201. The van der Waals surface area contributed by atoms with Crippen LogP contribution in [0.5, 0.6) is 0 Å². The van der Waals surface area contributed by atoms with E-state index < -0.39 is 5.54 Å². The van der Waals surface area contributed by atoms with Gasteiger partial charge < -0.3 is 10.2 Å². The monoisotopic (exact) mass is 320 g/mol. The number of rotatable bonds is 6. The molecule has 2 aliphatic rings. The molecule has 2 fully saturated rings. The summed E-state index contributed by atoms with van der Waals surface area (Å²) in [5.74, 6) is 0.0764. The largest absolute Gasteiger partial charge is 0.337 e. The van der Waals surface area contributed by atoms with Crippen LogP contribution in [0.2, 0.25) is 0 Å². The molecule has 1 amide bonds. The first kappa shape index (κ1) is 18.2. The smallest absolute Gasteiger partial charge is 0.235 e. The first-order valence-electron chi connectivity index (χ1n) is 9.13. The van der Waals surface area contributed by atoms with Gasteiger partial charge in [0.25, 0.3) is 0 Å². The third kappa shape index (κ3) is 4.92. The molecule has 0 aromatic heterocycles. The van der Waals surface area contributed by atoms with Gasteiger partial charge in [-0.25, -0.2) is 0 Å². The van der Waals surface area contributed by atoms with Crippen molar-refractivity contribution in [2.45, 2.75) is 64.5 Å². The molecule has 2 aliphatic heterocycles. The molecule has 1 N–H and O–H groups in total. The number of hydrogen-bond donors (Lipinski definition) is 1. The van der Waals surface area contributed by atoms with Crippen LogP contribution in [0.15, 0.2) is 0 Å². The number of likely N-dealkylation sites (tertiary alicyclic amines) is 2.